The van der Waals surface area contributed by atoms with Crippen LogP contribution in [0.15, 0.2) is 61.1 Å². The summed E-state index contributed by atoms with van der Waals surface area (Å²) in [6.45, 7) is 0.634. The molecule has 1 aliphatic heterocycles. The molecule has 41 heavy (non-hydrogen) atoms. The topological polar surface area (TPSA) is 198 Å². The van der Waals surface area contributed by atoms with Gasteiger partial charge in [-0.25, -0.2) is 4.98 Å². The fourth-order valence-electron chi connectivity index (χ4n) is 4.21. The first-order valence-electron chi connectivity index (χ1n) is 13.0. The highest BCUT2D eigenvalue weighted by atomic mass is 16.5. The molecule has 2 atom stereocenters. The van der Waals surface area contributed by atoms with Crippen molar-refractivity contribution in [1.82, 2.24) is 25.9 Å². The van der Waals surface area contributed by atoms with Gasteiger partial charge in [-0.05, 0) is 42.3 Å². The van der Waals surface area contributed by atoms with Crippen LogP contribution in [0.25, 0.3) is 0 Å². The SMILES string of the molecule is NC(=O)CC1NC(=O)CCNCc2cc(NC(=O)c3cnccn3)ccc2OCC(Cc2ccc(O)cc2)NC1=O. The monoisotopic (exact) mass is 561 g/mol. The van der Waals surface area contributed by atoms with Gasteiger partial charge in [0.15, 0.2) is 0 Å². The van der Waals surface area contributed by atoms with Crippen molar-refractivity contribution in [2.24, 2.45) is 5.73 Å². The van der Waals surface area contributed by atoms with Gasteiger partial charge in [-0.3, -0.25) is 24.2 Å². The van der Waals surface area contributed by atoms with Gasteiger partial charge in [0.1, 0.15) is 29.8 Å². The van der Waals surface area contributed by atoms with Crippen molar-refractivity contribution in [1.29, 1.82) is 0 Å². The number of nitrogens with one attached hydrogen (secondary N) is 4. The highest BCUT2D eigenvalue weighted by Crippen LogP contribution is 2.24. The van der Waals surface area contributed by atoms with Crippen LogP contribution in [-0.2, 0) is 27.3 Å². The summed E-state index contributed by atoms with van der Waals surface area (Å²) in [5, 5.41) is 21.0. The molecule has 0 fully saturated rings. The second kappa shape index (κ2) is 13.8. The molecule has 0 radical (unpaired) electrons. The number of carbonyl (C=O) groups excluding carboxylic acids is 4. The first kappa shape index (κ1) is 29.0. The van der Waals surface area contributed by atoms with Crippen molar-refractivity contribution in [3.63, 3.8) is 0 Å². The Morgan fingerprint density at radius 2 is 1.90 bits per heavy atom. The van der Waals surface area contributed by atoms with E-state index in [1.165, 1.54) is 30.7 Å². The summed E-state index contributed by atoms with van der Waals surface area (Å²) < 4.78 is 6.15. The number of rotatable bonds is 6. The number of ether oxygens (including phenoxy) is 1. The maximum Gasteiger partial charge on any atom is 0.275 e. The molecule has 13 nitrogen and oxygen atoms in total. The molecule has 1 aromatic heterocycles. The first-order chi connectivity index (χ1) is 19.8. The number of phenolic OH excluding ortho intramolecular Hbond substituents is 1. The number of nitrogens with two attached hydrogens (primary N) is 1. The van der Waals surface area contributed by atoms with Crippen molar-refractivity contribution >= 4 is 29.3 Å². The predicted molar refractivity (Wildman–Crippen MR) is 148 cm³/mol. The largest absolute Gasteiger partial charge is 0.508 e. The molecule has 4 amide bonds. The third-order valence-corrected chi connectivity index (χ3v) is 6.22. The van der Waals surface area contributed by atoms with Crippen LogP contribution in [0.3, 0.4) is 0 Å². The van der Waals surface area contributed by atoms with E-state index >= 15 is 0 Å². The van der Waals surface area contributed by atoms with Crippen LogP contribution in [0.4, 0.5) is 5.69 Å². The van der Waals surface area contributed by atoms with E-state index in [2.05, 4.69) is 31.2 Å². The Kier molecular flexibility index (Phi) is 9.78. The van der Waals surface area contributed by atoms with E-state index in [0.717, 1.165) is 5.56 Å². The molecule has 0 aliphatic carbocycles. The molecule has 0 saturated carbocycles. The van der Waals surface area contributed by atoms with Gasteiger partial charge in [0.2, 0.25) is 17.7 Å². The zero-order valence-corrected chi connectivity index (χ0v) is 22.1. The van der Waals surface area contributed by atoms with Crippen LogP contribution in [0.1, 0.15) is 34.5 Å². The second-order valence-electron chi connectivity index (χ2n) is 9.47. The van der Waals surface area contributed by atoms with Crippen molar-refractivity contribution in [2.75, 3.05) is 18.5 Å². The van der Waals surface area contributed by atoms with Gasteiger partial charge in [-0.15, -0.1) is 0 Å². The zero-order valence-electron chi connectivity index (χ0n) is 22.1. The number of nitrogens with zero attached hydrogens (tertiary/aromatic N) is 2. The summed E-state index contributed by atoms with van der Waals surface area (Å²) in [5.41, 5.74) is 7.52. The molecule has 214 valence electrons. The first-order valence-corrected chi connectivity index (χ1v) is 13.0. The highest BCUT2D eigenvalue weighted by Gasteiger charge is 2.26. The number of phenols is 1. The molecule has 0 saturated heterocycles. The van der Waals surface area contributed by atoms with E-state index in [9.17, 15) is 24.3 Å². The lowest BCUT2D eigenvalue weighted by atomic mass is 10.0. The van der Waals surface area contributed by atoms with Crippen LogP contribution < -0.4 is 31.7 Å². The minimum Gasteiger partial charge on any atom is -0.508 e. The Balaban J connectivity index is 1.57. The maximum absolute atomic E-state index is 13.1. The third-order valence-electron chi connectivity index (χ3n) is 6.22. The lowest BCUT2D eigenvalue weighted by molar-refractivity contribution is -0.131. The molecule has 4 rings (SSSR count). The number of carbonyl (C=O) groups is 4. The number of amides is 4. The number of hydrogen-bond donors (Lipinski definition) is 6. The lowest BCUT2D eigenvalue weighted by Crippen LogP contribution is -2.53. The van der Waals surface area contributed by atoms with E-state index in [4.69, 9.17) is 10.5 Å². The van der Waals surface area contributed by atoms with Gasteiger partial charge >= 0.3 is 0 Å². The Hall–Kier alpha value is -5.04. The molecular weight excluding hydrogens is 530 g/mol. The molecule has 13 heteroatoms. The van der Waals surface area contributed by atoms with Crippen LogP contribution in [0, 0.1) is 0 Å². The van der Waals surface area contributed by atoms with Gasteiger partial charge in [0.25, 0.3) is 5.91 Å². The number of hydrogen-bond acceptors (Lipinski definition) is 9. The summed E-state index contributed by atoms with van der Waals surface area (Å²) in [6, 6.07) is 9.94. The number of benzene rings is 2. The molecule has 2 heterocycles. The minimum atomic E-state index is -1.14. The fourth-order valence-corrected chi connectivity index (χ4v) is 4.21. The van der Waals surface area contributed by atoms with E-state index in [1.54, 1.807) is 30.3 Å². The smallest absolute Gasteiger partial charge is 0.275 e. The van der Waals surface area contributed by atoms with Gasteiger partial charge in [0.05, 0.1) is 18.7 Å². The van der Waals surface area contributed by atoms with Crippen molar-refractivity contribution in [2.45, 2.75) is 37.9 Å². The third kappa shape index (κ3) is 8.73. The molecule has 0 bridgehead atoms. The fraction of sp³-hybridized carbons (Fsp3) is 0.286. The maximum atomic E-state index is 13.1. The zero-order chi connectivity index (χ0) is 29.2. The summed E-state index contributed by atoms with van der Waals surface area (Å²) >= 11 is 0. The van der Waals surface area contributed by atoms with Gasteiger partial charge < -0.3 is 36.8 Å². The van der Waals surface area contributed by atoms with E-state index in [0.29, 0.717) is 30.0 Å². The Labute approximate surface area is 235 Å². The number of aromatic nitrogens is 2. The molecular formula is C28H31N7O6. The van der Waals surface area contributed by atoms with E-state index < -0.39 is 35.7 Å². The standard InChI is InChI=1S/C28H31N7O6/c29-25(37)13-22-27(39)34-20(11-17-1-4-21(36)5-2-17)16-41-24-6-3-19(33-28(40)23-15-31-9-10-32-23)12-18(24)14-30-8-7-26(38)35-22/h1-6,9-10,12,15,20,22,30,36H,7-8,11,13-14,16H2,(H2,29,37)(H,33,40)(H,34,39)(H,35,38). The Morgan fingerprint density at radius 1 is 1.10 bits per heavy atom. The van der Waals surface area contributed by atoms with Gasteiger partial charge in [-0.2, -0.15) is 0 Å². The number of fused-ring (bicyclic) bond motifs is 1. The normalized spacial score (nSPS) is 18.0. The average molecular weight is 562 g/mol. The molecule has 7 N–H and O–H groups in total. The minimum absolute atomic E-state index is 0.0404. The van der Waals surface area contributed by atoms with Crippen molar-refractivity contribution in [3.8, 4) is 11.5 Å². The molecule has 1 aliphatic rings. The summed E-state index contributed by atoms with van der Waals surface area (Å²) in [4.78, 5) is 57.8. The molecule has 0 spiro atoms. The summed E-state index contributed by atoms with van der Waals surface area (Å²) in [6.07, 6.45) is 4.28. The van der Waals surface area contributed by atoms with Crippen molar-refractivity contribution < 1.29 is 29.0 Å². The summed E-state index contributed by atoms with van der Waals surface area (Å²) in [7, 11) is 0. The average Bonchev–Trinajstić information content (AvgIpc) is 2.95. The number of anilines is 1. The second-order valence-corrected chi connectivity index (χ2v) is 9.47. The highest BCUT2D eigenvalue weighted by molar-refractivity contribution is 6.02. The predicted octanol–water partition coefficient (Wildman–Crippen LogP) is 0.394. The van der Waals surface area contributed by atoms with Crippen LogP contribution in [-0.4, -0.2) is 63.9 Å². The Bertz CT molecular complexity index is 1380. The van der Waals surface area contributed by atoms with Crippen LogP contribution >= 0.6 is 0 Å². The summed E-state index contributed by atoms with van der Waals surface area (Å²) in [5.74, 6) is -1.54. The van der Waals surface area contributed by atoms with Crippen molar-refractivity contribution in [3.05, 3.63) is 77.9 Å². The quantitative estimate of drug-likeness (QED) is 0.247. The van der Waals surface area contributed by atoms with Crippen LogP contribution in [0.2, 0.25) is 0 Å². The van der Waals surface area contributed by atoms with Crippen LogP contribution in [0.5, 0.6) is 11.5 Å². The van der Waals surface area contributed by atoms with Gasteiger partial charge in [-0.1, -0.05) is 12.1 Å². The Morgan fingerprint density at radius 3 is 2.63 bits per heavy atom. The van der Waals surface area contributed by atoms with E-state index in [1.807, 2.05) is 0 Å². The lowest BCUT2D eigenvalue weighted by Gasteiger charge is -2.25. The van der Waals surface area contributed by atoms with E-state index in [-0.39, 0.29) is 37.4 Å². The molecule has 2 unspecified atom stereocenters. The number of aromatic hydroxyl groups is 1. The molecule has 3 aromatic rings. The molecule has 2 aromatic carbocycles. The number of primary amides is 1. The van der Waals surface area contributed by atoms with Gasteiger partial charge in [0, 0.05) is 43.2 Å².